The van der Waals surface area contributed by atoms with Crippen LogP contribution in [0.15, 0.2) is 29.3 Å². The Balaban J connectivity index is 0.00000450. The third kappa shape index (κ3) is 10.6. The lowest BCUT2D eigenvalue weighted by Gasteiger charge is -2.20. The second kappa shape index (κ2) is 15.5. The van der Waals surface area contributed by atoms with Crippen LogP contribution in [0.25, 0.3) is 0 Å². The van der Waals surface area contributed by atoms with Gasteiger partial charge in [-0.2, -0.15) is 0 Å². The van der Waals surface area contributed by atoms with Gasteiger partial charge in [0.15, 0.2) is 5.96 Å². The van der Waals surface area contributed by atoms with E-state index >= 15 is 0 Å². The number of nitrogens with zero attached hydrogens (tertiary/aromatic N) is 2. The van der Waals surface area contributed by atoms with Crippen molar-refractivity contribution >= 4 is 35.8 Å². The normalized spacial score (nSPS) is 15.0. The number of rotatable bonds is 10. The molecule has 0 unspecified atom stereocenters. The molecule has 0 aromatic heterocycles. The van der Waals surface area contributed by atoms with Crippen LogP contribution in [0.2, 0.25) is 0 Å². The maximum Gasteiger partial charge on any atom is 0.222 e. The first-order chi connectivity index (χ1) is 14.1. The molecule has 1 heterocycles. The first-order valence-corrected chi connectivity index (χ1v) is 11.1. The number of halogens is 1. The summed E-state index contributed by atoms with van der Waals surface area (Å²) >= 11 is 0. The maximum atomic E-state index is 12.1. The average Bonchev–Trinajstić information content (AvgIpc) is 2.92. The van der Waals surface area contributed by atoms with Gasteiger partial charge in [0.1, 0.15) is 0 Å². The fourth-order valence-electron chi connectivity index (χ4n) is 3.27. The van der Waals surface area contributed by atoms with Gasteiger partial charge in [-0.15, -0.1) is 24.0 Å². The zero-order valence-corrected chi connectivity index (χ0v) is 21.1. The second-order valence-corrected chi connectivity index (χ2v) is 7.84. The molecule has 0 aliphatic carbocycles. The van der Waals surface area contributed by atoms with E-state index in [9.17, 15) is 4.79 Å². The van der Waals surface area contributed by atoms with Crippen molar-refractivity contribution in [2.45, 2.75) is 72.1 Å². The van der Waals surface area contributed by atoms with E-state index in [-0.39, 0.29) is 30.1 Å². The fraction of sp³-hybridized carbons (Fsp3) is 0.652. The van der Waals surface area contributed by atoms with E-state index in [2.05, 4.69) is 46.8 Å². The third-order valence-corrected chi connectivity index (χ3v) is 4.94. The molecular formula is C23H39IN4O2. The lowest BCUT2D eigenvalue weighted by molar-refractivity contribution is -0.130. The Hall–Kier alpha value is -1.35. The fourth-order valence-corrected chi connectivity index (χ4v) is 3.27. The predicted octanol–water partition coefficient (Wildman–Crippen LogP) is 4.08. The monoisotopic (exact) mass is 530 g/mol. The zero-order chi connectivity index (χ0) is 20.9. The van der Waals surface area contributed by atoms with Crippen LogP contribution < -0.4 is 10.6 Å². The number of aliphatic imine (C=N–C) groups is 1. The maximum absolute atomic E-state index is 12.1. The molecule has 0 spiro atoms. The molecule has 6 nitrogen and oxygen atoms in total. The number of benzene rings is 1. The van der Waals surface area contributed by atoms with Crippen LogP contribution >= 0.6 is 24.0 Å². The number of carbonyl (C=O) groups is 1. The topological polar surface area (TPSA) is 66.0 Å². The van der Waals surface area contributed by atoms with Gasteiger partial charge in [0, 0.05) is 32.6 Å². The first kappa shape index (κ1) is 26.7. The Labute approximate surface area is 199 Å². The largest absolute Gasteiger partial charge is 0.374 e. The molecule has 1 aliphatic heterocycles. The summed E-state index contributed by atoms with van der Waals surface area (Å²) in [6.07, 6.45) is 5.22. The molecule has 30 heavy (non-hydrogen) atoms. The summed E-state index contributed by atoms with van der Waals surface area (Å²) < 4.78 is 5.64. The lowest BCUT2D eigenvalue weighted by atomic mass is 10.1. The first-order valence-electron chi connectivity index (χ1n) is 11.1. The van der Waals surface area contributed by atoms with Crippen LogP contribution in [-0.4, -0.2) is 49.0 Å². The van der Waals surface area contributed by atoms with Crippen molar-refractivity contribution in [1.82, 2.24) is 15.5 Å². The van der Waals surface area contributed by atoms with Crippen LogP contribution in [0.3, 0.4) is 0 Å². The molecule has 1 aromatic carbocycles. The quantitative estimate of drug-likeness (QED) is 0.207. The molecule has 2 rings (SSSR count). The van der Waals surface area contributed by atoms with Crippen LogP contribution in [0.4, 0.5) is 0 Å². The standard InChI is InChI=1S/C23H38N4O2.HI/c1-4-24-23(25-14-8-16-27-15-7-5-6-9-22(27)28)26-17-20-10-12-21(13-11-20)18-29-19(2)3;/h10-13,19H,4-9,14-18H2,1-3H3,(H2,24,25,26);1H. The van der Waals surface area contributed by atoms with Crippen LogP contribution in [0.1, 0.15) is 64.0 Å². The number of hydrogen-bond acceptors (Lipinski definition) is 3. The third-order valence-electron chi connectivity index (χ3n) is 4.94. The van der Waals surface area contributed by atoms with Crippen molar-refractivity contribution in [3.63, 3.8) is 0 Å². The van der Waals surface area contributed by atoms with Gasteiger partial charge in [-0.3, -0.25) is 4.79 Å². The number of amides is 1. The van der Waals surface area contributed by atoms with Gasteiger partial charge < -0.3 is 20.3 Å². The number of hydrogen-bond donors (Lipinski definition) is 2. The molecule has 0 bridgehead atoms. The van der Waals surface area contributed by atoms with E-state index in [0.29, 0.717) is 25.5 Å². The molecule has 170 valence electrons. The van der Waals surface area contributed by atoms with Gasteiger partial charge in [0.25, 0.3) is 0 Å². The Bertz CT molecular complexity index is 635. The number of likely N-dealkylation sites (tertiary alicyclic amines) is 1. The van der Waals surface area contributed by atoms with E-state index in [1.54, 1.807) is 0 Å². The molecule has 0 atom stereocenters. The van der Waals surface area contributed by atoms with Crippen molar-refractivity contribution in [3.05, 3.63) is 35.4 Å². The minimum Gasteiger partial charge on any atom is -0.374 e. The van der Waals surface area contributed by atoms with Crippen molar-refractivity contribution in [3.8, 4) is 0 Å². The zero-order valence-electron chi connectivity index (χ0n) is 18.8. The predicted molar refractivity (Wildman–Crippen MR) is 134 cm³/mol. The van der Waals surface area contributed by atoms with Crippen molar-refractivity contribution in [2.24, 2.45) is 4.99 Å². The van der Waals surface area contributed by atoms with Crippen LogP contribution in [-0.2, 0) is 22.7 Å². The molecule has 1 aliphatic rings. The number of guanidine groups is 1. The smallest absolute Gasteiger partial charge is 0.222 e. The summed E-state index contributed by atoms with van der Waals surface area (Å²) in [7, 11) is 0. The van der Waals surface area contributed by atoms with Crippen molar-refractivity contribution in [1.29, 1.82) is 0 Å². The van der Waals surface area contributed by atoms with Crippen molar-refractivity contribution in [2.75, 3.05) is 26.2 Å². The van der Waals surface area contributed by atoms with Crippen LogP contribution in [0, 0.1) is 0 Å². The molecule has 1 amide bonds. The van der Waals surface area contributed by atoms with E-state index in [1.807, 2.05) is 18.7 Å². The highest BCUT2D eigenvalue weighted by Crippen LogP contribution is 2.11. The van der Waals surface area contributed by atoms with Gasteiger partial charge in [0.05, 0.1) is 19.3 Å². The molecule has 1 saturated heterocycles. The Morgan fingerprint density at radius 3 is 2.57 bits per heavy atom. The second-order valence-electron chi connectivity index (χ2n) is 7.84. The number of ether oxygens (including phenoxy) is 1. The molecule has 1 aromatic rings. The highest BCUT2D eigenvalue weighted by Gasteiger charge is 2.15. The number of nitrogens with one attached hydrogen (secondary N) is 2. The Kier molecular flexibility index (Phi) is 13.7. The van der Waals surface area contributed by atoms with Gasteiger partial charge in [0.2, 0.25) is 5.91 Å². The summed E-state index contributed by atoms with van der Waals surface area (Å²) in [5.74, 6) is 1.13. The molecule has 0 saturated carbocycles. The van der Waals surface area contributed by atoms with Gasteiger partial charge in [-0.25, -0.2) is 4.99 Å². The van der Waals surface area contributed by atoms with Crippen molar-refractivity contribution < 1.29 is 9.53 Å². The molecule has 1 fully saturated rings. The van der Waals surface area contributed by atoms with Gasteiger partial charge >= 0.3 is 0 Å². The number of carbonyl (C=O) groups excluding carboxylic acids is 1. The lowest BCUT2D eigenvalue weighted by Crippen LogP contribution is -2.39. The average molecular weight is 530 g/mol. The molecule has 0 radical (unpaired) electrons. The van der Waals surface area contributed by atoms with E-state index in [4.69, 9.17) is 4.74 Å². The van der Waals surface area contributed by atoms with E-state index in [0.717, 1.165) is 51.4 Å². The molecule has 7 heteroatoms. The Morgan fingerprint density at radius 2 is 1.87 bits per heavy atom. The summed E-state index contributed by atoms with van der Waals surface area (Å²) in [5.41, 5.74) is 2.35. The minimum absolute atomic E-state index is 0. The highest BCUT2D eigenvalue weighted by molar-refractivity contribution is 14.0. The summed E-state index contributed by atoms with van der Waals surface area (Å²) in [6.45, 7) is 10.8. The highest BCUT2D eigenvalue weighted by atomic mass is 127. The summed E-state index contributed by atoms with van der Waals surface area (Å²) in [6, 6.07) is 8.42. The Morgan fingerprint density at radius 1 is 1.13 bits per heavy atom. The van der Waals surface area contributed by atoms with Crippen LogP contribution in [0.5, 0.6) is 0 Å². The summed E-state index contributed by atoms with van der Waals surface area (Å²) in [5, 5.41) is 6.68. The SMILES string of the molecule is CCNC(=NCc1ccc(COC(C)C)cc1)NCCCN1CCCCCC1=O.I. The van der Waals surface area contributed by atoms with E-state index in [1.165, 1.54) is 17.5 Å². The molecule has 2 N–H and O–H groups in total. The molecular weight excluding hydrogens is 491 g/mol. The van der Waals surface area contributed by atoms with Gasteiger partial charge in [-0.1, -0.05) is 30.7 Å². The minimum atomic E-state index is 0. The van der Waals surface area contributed by atoms with E-state index < -0.39 is 0 Å². The van der Waals surface area contributed by atoms with Gasteiger partial charge in [-0.05, 0) is 51.2 Å². The summed E-state index contributed by atoms with van der Waals surface area (Å²) in [4.78, 5) is 18.8.